The van der Waals surface area contributed by atoms with Crippen molar-refractivity contribution in [1.29, 1.82) is 0 Å². The molecule has 0 saturated heterocycles. The molecular formula is C9H14N4. The summed E-state index contributed by atoms with van der Waals surface area (Å²) in [6.45, 7) is 10.7. The van der Waals surface area contributed by atoms with Crippen LogP contribution < -0.4 is 4.90 Å². The Morgan fingerprint density at radius 2 is 2.00 bits per heavy atom. The molecule has 0 aliphatic heterocycles. The summed E-state index contributed by atoms with van der Waals surface area (Å²) >= 11 is 0. The minimum atomic E-state index is 0.737. The maximum Gasteiger partial charge on any atom is 0.221 e. The average molecular weight is 178 g/mol. The number of anilines is 1. The van der Waals surface area contributed by atoms with Gasteiger partial charge in [-0.1, -0.05) is 12.2 Å². The van der Waals surface area contributed by atoms with Crippen LogP contribution in [0.5, 0.6) is 0 Å². The molecule has 0 aliphatic rings. The molecule has 0 atom stereocenters. The molecule has 1 rings (SSSR count). The molecule has 1 N–H and O–H groups in total. The van der Waals surface area contributed by atoms with Crippen molar-refractivity contribution in [2.24, 2.45) is 0 Å². The Hall–Kier alpha value is -1.58. The first kappa shape index (κ1) is 9.51. The fourth-order valence-corrected chi connectivity index (χ4v) is 1.03. The molecule has 4 nitrogen and oxygen atoms in total. The summed E-state index contributed by atoms with van der Waals surface area (Å²) in [4.78, 5) is 6.21. The Balaban J connectivity index is 2.74. The van der Waals surface area contributed by atoms with Crippen LogP contribution in [0.15, 0.2) is 25.3 Å². The van der Waals surface area contributed by atoms with Crippen molar-refractivity contribution in [1.82, 2.24) is 15.2 Å². The molecule has 70 valence electrons. The monoisotopic (exact) mass is 178 g/mol. The van der Waals surface area contributed by atoms with Crippen LogP contribution in [-0.2, 0) is 0 Å². The van der Waals surface area contributed by atoms with Gasteiger partial charge >= 0.3 is 0 Å². The van der Waals surface area contributed by atoms with Gasteiger partial charge in [0.2, 0.25) is 5.95 Å². The third-order valence-corrected chi connectivity index (χ3v) is 1.58. The van der Waals surface area contributed by atoms with Crippen molar-refractivity contribution in [2.45, 2.75) is 6.92 Å². The van der Waals surface area contributed by atoms with Crippen LogP contribution in [0.2, 0.25) is 0 Å². The molecule has 0 saturated carbocycles. The summed E-state index contributed by atoms with van der Waals surface area (Å²) in [5.41, 5.74) is 0. The highest BCUT2D eigenvalue weighted by Gasteiger charge is 2.06. The molecule has 13 heavy (non-hydrogen) atoms. The van der Waals surface area contributed by atoms with Crippen LogP contribution in [0.3, 0.4) is 0 Å². The zero-order valence-electron chi connectivity index (χ0n) is 7.82. The van der Waals surface area contributed by atoms with E-state index in [9.17, 15) is 0 Å². The van der Waals surface area contributed by atoms with Crippen molar-refractivity contribution in [3.63, 3.8) is 0 Å². The first-order chi connectivity index (χ1) is 6.27. The standard InChI is InChI=1S/C9H14N4/c1-4-6-13(7-5-2)9-10-8(3)11-12-9/h4-5H,1-2,6-7H2,3H3,(H,10,11,12). The molecule has 0 aromatic carbocycles. The molecule has 0 fully saturated rings. The lowest BCUT2D eigenvalue weighted by Crippen LogP contribution is -2.24. The van der Waals surface area contributed by atoms with Crippen LogP contribution in [0.25, 0.3) is 0 Å². The van der Waals surface area contributed by atoms with Crippen molar-refractivity contribution >= 4 is 5.95 Å². The Morgan fingerprint density at radius 3 is 2.38 bits per heavy atom. The molecule has 0 radical (unpaired) electrons. The second-order valence-corrected chi connectivity index (χ2v) is 2.69. The van der Waals surface area contributed by atoms with Gasteiger partial charge in [-0.2, -0.15) is 10.1 Å². The predicted octanol–water partition coefficient (Wildman–Crippen LogP) is 1.29. The smallest absolute Gasteiger partial charge is 0.221 e. The minimum Gasteiger partial charge on any atom is -0.334 e. The van der Waals surface area contributed by atoms with Gasteiger partial charge < -0.3 is 4.90 Å². The second-order valence-electron chi connectivity index (χ2n) is 2.69. The summed E-state index contributed by atoms with van der Waals surface area (Å²) < 4.78 is 0. The van der Waals surface area contributed by atoms with E-state index in [1.807, 2.05) is 24.0 Å². The quantitative estimate of drug-likeness (QED) is 0.691. The number of hydrogen-bond acceptors (Lipinski definition) is 3. The van der Waals surface area contributed by atoms with E-state index in [-0.39, 0.29) is 0 Å². The van der Waals surface area contributed by atoms with Crippen molar-refractivity contribution in [3.05, 3.63) is 31.1 Å². The van der Waals surface area contributed by atoms with Crippen molar-refractivity contribution in [2.75, 3.05) is 18.0 Å². The lowest BCUT2D eigenvalue weighted by atomic mass is 10.5. The highest BCUT2D eigenvalue weighted by atomic mass is 15.3. The number of rotatable bonds is 5. The molecule has 0 aliphatic carbocycles. The van der Waals surface area contributed by atoms with Crippen LogP contribution in [0.4, 0.5) is 5.95 Å². The van der Waals surface area contributed by atoms with Gasteiger partial charge in [-0.05, 0) is 6.92 Å². The topological polar surface area (TPSA) is 44.8 Å². The van der Waals surface area contributed by atoms with E-state index in [1.54, 1.807) is 0 Å². The summed E-state index contributed by atoms with van der Waals surface area (Å²) in [5.74, 6) is 1.51. The second kappa shape index (κ2) is 4.45. The van der Waals surface area contributed by atoms with Gasteiger partial charge in [0.15, 0.2) is 0 Å². The number of hydrogen-bond donors (Lipinski definition) is 1. The van der Waals surface area contributed by atoms with E-state index in [0.29, 0.717) is 0 Å². The average Bonchev–Trinajstić information content (AvgIpc) is 2.51. The summed E-state index contributed by atoms with van der Waals surface area (Å²) in [7, 11) is 0. The summed E-state index contributed by atoms with van der Waals surface area (Å²) in [6, 6.07) is 0. The molecule has 4 heteroatoms. The SMILES string of the molecule is C=CCN(CC=C)c1nc(C)n[nH]1. The molecule has 1 aromatic heterocycles. The van der Waals surface area contributed by atoms with Gasteiger partial charge in [0.1, 0.15) is 5.82 Å². The number of H-pyrrole nitrogens is 1. The lowest BCUT2D eigenvalue weighted by Gasteiger charge is -2.16. The fraction of sp³-hybridized carbons (Fsp3) is 0.333. The van der Waals surface area contributed by atoms with Gasteiger partial charge in [0, 0.05) is 13.1 Å². The maximum absolute atomic E-state index is 4.21. The van der Waals surface area contributed by atoms with Crippen LogP contribution in [0.1, 0.15) is 5.82 Å². The predicted molar refractivity (Wildman–Crippen MR) is 53.7 cm³/mol. The summed E-state index contributed by atoms with van der Waals surface area (Å²) in [5, 5.41) is 6.80. The van der Waals surface area contributed by atoms with E-state index >= 15 is 0 Å². The van der Waals surface area contributed by atoms with E-state index in [4.69, 9.17) is 0 Å². The van der Waals surface area contributed by atoms with E-state index in [0.717, 1.165) is 24.9 Å². The van der Waals surface area contributed by atoms with Crippen LogP contribution in [-0.4, -0.2) is 28.3 Å². The van der Waals surface area contributed by atoms with Gasteiger partial charge in [0.05, 0.1) is 0 Å². The number of aryl methyl sites for hydroxylation is 1. The molecule has 1 heterocycles. The molecule has 0 amide bonds. The molecule has 0 unspecified atom stereocenters. The number of nitrogens with zero attached hydrogens (tertiary/aromatic N) is 3. The Labute approximate surface area is 78.0 Å². The van der Waals surface area contributed by atoms with E-state index < -0.39 is 0 Å². The highest BCUT2D eigenvalue weighted by molar-refractivity contribution is 5.30. The van der Waals surface area contributed by atoms with Crippen molar-refractivity contribution in [3.8, 4) is 0 Å². The first-order valence-corrected chi connectivity index (χ1v) is 4.13. The fourth-order valence-electron chi connectivity index (χ4n) is 1.03. The third-order valence-electron chi connectivity index (χ3n) is 1.58. The van der Waals surface area contributed by atoms with Gasteiger partial charge in [-0.15, -0.1) is 13.2 Å². The molecule has 1 aromatic rings. The zero-order chi connectivity index (χ0) is 9.68. The number of aromatic nitrogens is 3. The normalized spacial score (nSPS) is 9.62. The van der Waals surface area contributed by atoms with E-state index in [2.05, 4.69) is 28.3 Å². The van der Waals surface area contributed by atoms with Gasteiger partial charge in [-0.3, -0.25) is 0 Å². The Bertz CT molecular complexity index is 280. The van der Waals surface area contributed by atoms with Crippen LogP contribution >= 0.6 is 0 Å². The van der Waals surface area contributed by atoms with Crippen molar-refractivity contribution < 1.29 is 0 Å². The zero-order valence-corrected chi connectivity index (χ0v) is 7.82. The maximum atomic E-state index is 4.21. The molecular weight excluding hydrogens is 164 g/mol. The van der Waals surface area contributed by atoms with E-state index in [1.165, 1.54) is 0 Å². The van der Waals surface area contributed by atoms with Gasteiger partial charge in [-0.25, -0.2) is 5.10 Å². The Kier molecular flexibility index (Phi) is 3.25. The summed E-state index contributed by atoms with van der Waals surface area (Å²) in [6.07, 6.45) is 3.64. The lowest BCUT2D eigenvalue weighted by molar-refractivity contribution is 0.894. The third kappa shape index (κ3) is 2.43. The minimum absolute atomic E-state index is 0.737. The van der Waals surface area contributed by atoms with Crippen LogP contribution in [0, 0.1) is 6.92 Å². The Morgan fingerprint density at radius 1 is 1.38 bits per heavy atom. The first-order valence-electron chi connectivity index (χ1n) is 4.13. The molecule has 0 spiro atoms. The van der Waals surface area contributed by atoms with Gasteiger partial charge in [0.25, 0.3) is 0 Å². The highest BCUT2D eigenvalue weighted by Crippen LogP contribution is 2.05. The number of aromatic amines is 1. The largest absolute Gasteiger partial charge is 0.334 e. The molecule has 0 bridgehead atoms. The number of nitrogens with one attached hydrogen (secondary N) is 1.